The summed E-state index contributed by atoms with van der Waals surface area (Å²) in [5.74, 6) is 0.811. The zero-order valence-electron chi connectivity index (χ0n) is 16.5. The molecule has 0 N–H and O–H groups in total. The predicted octanol–water partition coefficient (Wildman–Crippen LogP) is 5.21. The van der Waals surface area contributed by atoms with E-state index in [1.54, 1.807) is 0 Å². The van der Waals surface area contributed by atoms with Gasteiger partial charge in [-0.1, -0.05) is 35.5 Å². The zero-order valence-corrected chi connectivity index (χ0v) is 16.5. The molecule has 0 radical (unpaired) electrons. The Morgan fingerprint density at radius 1 is 0.889 bits per heavy atom. The van der Waals surface area contributed by atoms with E-state index in [1.165, 1.54) is 5.56 Å². The van der Waals surface area contributed by atoms with Gasteiger partial charge in [0.1, 0.15) is 23.7 Å². The highest BCUT2D eigenvalue weighted by Gasteiger charge is 2.26. The molecule has 0 atom stereocenters. The molecule has 0 aromatic heterocycles. The van der Waals surface area contributed by atoms with Gasteiger partial charge < -0.3 is 14.3 Å². The first-order valence-electron chi connectivity index (χ1n) is 9.35. The highest BCUT2D eigenvalue weighted by Crippen LogP contribution is 2.39. The van der Waals surface area contributed by atoms with E-state index in [1.807, 2.05) is 64.1 Å². The zero-order chi connectivity index (χ0) is 19.3. The van der Waals surface area contributed by atoms with Crippen molar-refractivity contribution in [1.82, 2.24) is 0 Å². The highest BCUT2D eigenvalue weighted by atomic mass is 16.6. The van der Waals surface area contributed by atoms with Crippen LogP contribution >= 0.6 is 0 Å². The third-order valence-corrected chi connectivity index (χ3v) is 4.06. The molecule has 2 aromatic rings. The van der Waals surface area contributed by atoms with E-state index in [9.17, 15) is 0 Å². The summed E-state index contributed by atoms with van der Waals surface area (Å²) >= 11 is 0. The third-order valence-electron chi connectivity index (χ3n) is 4.06. The molecule has 1 aliphatic carbocycles. The Hall–Kier alpha value is -2.59. The molecule has 0 saturated carbocycles. The maximum Gasteiger partial charge on any atom is 0.129 e. The monoisotopic (exact) mass is 365 g/mol. The summed E-state index contributed by atoms with van der Waals surface area (Å²) in [5.41, 5.74) is 4.96. The van der Waals surface area contributed by atoms with Gasteiger partial charge in [-0.3, -0.25) is 0 Å². The summed E-state index contributed by atoms with van der Waals surface area (Å²) in [4.78, 5) is 5.72. The van der Waals surface area contributed by atoms with Crippen LogP contribution in [0.5, 0.6) is 5.75 Å². The second kappa shape index (κ2) is 8.40. The van der Waals surface area contributed by atoms with Crippen molar-refractivity contribution in [2.24, 2.45) is 5.16 Å². The minimum atomic E-state index is -0.343. The number of fused-ring (bicyclic) bond motifs is 3. The molecule has 0 spiro atoms. The largest absolute Gasteiger partial charge is 0.490 e. The normalized spacial score (nSPS) is 14.4. The van der Waals surface area contributed by atoms with Gasteiger partial charge in [0.15, 0.2) is 0 Å². The first-order chi connectivity index (χ1) is 13.0. The van der Waals surface area contributed by atoms with E-state index in [-0.39, 0.29) is 5.60 Å². The van der Waals surface area contributed by atoms with Crippen LogP contribution in [0.1, 0.15) is 38.8 Å². The van der Waals surface area contributed by atoms with Crippen LogP contribution in [0, 0.1) is 0 Å². The molecule has 0 bridgehead atoms. The Balaban J connectivity index is 1.83. The van der Waals surface area contributed by atoms with Gasteiger partial charge in [-0.05, 0) is 63.1 Å². The molecule has 0 unspecified atom stereocenters. The van der Waals surface area contributed by atoms with Gasteiger partial charge in [0.25, 0.3) is 0 Å². The standard InChI is InChI=1S/C23H27NO3/c1-5-25-14-8-9-15-26-17-12-13-19-18-10-6-7-11-20(18)22(21(19)16-17)24-27-23(2,3)4/h6-13,16H,5,14-15H2,1-4H3/b9-8-,24-22-. The van der Waals surface area contributed by atoms with E-state index >= 15 is 0 Å². The van der Waals surface area contributed by atoms with Crippen molar-refractivity contribution in [1.29, 1.82) is 0 Å². The number of nitrogens with zero attached hydrogens (tertiary/aromatic N) is 1. The molecule has 0 fully saturated rings. The third kappa shape index (κ3) is 4.77. The molecule has 0 amide bonds. The fourth-order valence-corrected chi connectivity index (χ4v) is 2.86. The second-order valence-electron chi connectivity index (χ2n) is 7.34. The molecule has 1 aliphatic rings. The van der Waals surface area contributed by atoms with Crippen LogP contribution in [-0.2, 0) is 9.57 Å². The van der Waals surface area contributed by atoms with Crippen LogP contribution in [-0.4, -0.2) is 31.1 Å². The van der Waals surface area contributed by atoms with Crippen molar-refractivity contribution in [3.8, 4) is 16.9 Å². The van der Waals surface area contributed by atoms with Crippen LogP contribution < -0.4 is 4.74 Å². The Bertz CT molecular complexity index is 847. The molecule has 27 heavy (non-hydrogen) atoms. The van der Waals surface area contributed by atoms with Crippen molar-refractivity contribution in [2.75, 3.05) is 19.8 Å². The summed E-state index contributed by atoms with van der Waals surface area (Å²) in [6.07, 6.45) is 3.94. The highest BCUT2D eigenvalue weighted by molar-refractivity contribution is 6.24. The van der Waals surface area contributed by atoms with Crippen molar-refractivity contribution in [3.05, 3.63) is 65.7 Å². The van der Waals surface area contributed by atoms with Gasteiger partial charge in [-0.15, -0.1) is 0 Å². The molecule has 3 rings (SSSR count). The molecular weight excluding hydrogens is 338 g/mol. The molecule has 0 saturated heterocycles. The van der Waals surface area contributed by atoms with Crippen LogP contribution in [0.25, 0.3) is 11.1 Å². The first kappa shape index (κ1) is 19.2. The number of hydrogen-bond acceptors (Lipinski definition) is 4. The van der Waals surface area contributed by atoms with E-state index < -0.39 is 0 Å². The molecule has 142 valence electrons. The summed E-state index contributed by atoms with van der Waals surface area (Å²) in [6, 6.07) is 14.4. The van der Waals surface area contributed by atoms with Crippen LogP contribution in [0.15, 0.2) is 59.8 Å². The first-order valence-corrected chi connectivity index (χ1v) is 9.35. The Labute approximate surface area is 161 Å². The Morgan fingerprint density at radius 3 is 2.33 bits per heavy atom. The molecule has 0 heterocycles. The SMILES string of the molecule is CCOC/C=C\COc1ccc2c(c1)/C(=N\OC(C)(C)C)c1ccccc1-2. The molecular formula is C23H27NO3. The molecule has 4 nitrogen and oxygen atoms in total. The molecule has 0 aliphatic heterocycles. The van der Waals surface area contributed by atoms with Gasteiger partial charge >= 0.3 is 0 Å². The molecule has 4 heteroatoms. The van der Waals surface area contributed by atoms with Gasteiger partial charge in [0.05, 0.1) is 6.61 Å². The van der Waals surface area contributed by atoms with E-state index in [0.717, 1.165) is 34.8 Å². The average Bonchev–Trinajstić information content (AvgIpc) is 2.95. The van der Waals surface area contributed by atoms with Crippen molar-refractivity contribution in [3.63, 3.8) is 0 Å². The van der Waals surface area contributed by atoms with Crippen LogP contribution in [0.4, 0.5) is 0 Å². The second-order valence-corrected chi connectivity index (χ2v) is 7.34. The number of benzene rings is 2. The Morgan fingerprint density at radius 2 is 1.59 bits per heavy atom. The van der Waals surface area contributed by atoms with Crippen molar-refractivity contribution < 1.29 is 14.3 Å². The lowest BCUT2D eigenvalue weighted by Crippen LogP contribution is -2.17. The molecule has 2 aromatic carbocycles. The number of oxime groups is 1. The van der Waals surface area contributed by atoms with Gasteiger partial charge in [0, 0.05) is 17.7 Å². The van der Waals surface area contributed by atoms with Crippen molar-refractivity contribution in [2.45, 2.75) is 33.3 Å². The van der Waals surface area contributed by atoms with E-state index in [0.29, 0.717) is 13.2 Å². The van der Waals surface area contributed by atoms with Gasteiger partial charge in [-0.25, -0.2) is 0 Å². The van der Waals surface area contributed by atoms with Crippen LogP contribution in [0.2, 0.25) is 0 Å². The maximum absolute atomic E-state index is 5.87. The van der Waals surface area contributed by atoms with Gasteiger partial charge in [-0.2, -0.15) is 0 Å². The quantitative estimate of drug-likeness (QED) is 0.328. The lowest BCUT2D eigenvalue weighted by molar-refractivity contribution is 0.00121. The lowest BCUT2D eigenvalue weighted by Gasteiger charge is -2.16. The van der Waals surface area contributed by atoms with E-state index in [2.05, 4.69) is 23.4 Å². The fraction of sp³-hybridized carbons (Fsp3) is 0.348. The summed E-state index contributed by atoms with van der Waals surface area (Å²) in [5, 5.41) is 4.48. The number of rotatable bonds is 7. The topological polar surface area (TPSA) is 40.0 Å². The summed E-state index contributed by atoms with van der Waals surface area (Å²) in [7, 11) is 0. The predicted molar refractivity (Wildman–Crippen MR) is 109 cm³/mol. The fourth-order valence-electron chi connectivity index (χ4n) is 2.86. The minimum absolute atomic E-state index is 0.343. The number of hydrogen-bond donors (Lipinski definition) is 0. The van der Waals surface area contributed by atoms with Crippen LogP contribution in [0.3, 0.4) is 0 Å². The summed E-state index contributed by atoms with van der Waals surface area (Å²) in [6.45, 7) is 9.79. The number of ether oxygens (including phenoxy) is 2. The van der Waals surface area contributed by atoms with Crippen molar-refractivity contribution >= 4 is 5.71 Å². The lowest BCUT2D eigenvalue weighted by atomic mass is 10.1. The minimum Gasteiger partial charge on any atom is -0.490 e. The Kier molecular flexibility index (Phi) is 5.97. The smallest absolute Gasteiger partial charge is 0.129 e. The maximum atomic E-state index is 5.87. The van der Waals surface area contributed by atoms with Gasteiger partial charge in [0.2, 0.25) is 0 Å². The average molecular weight is 365 g/mol. The summed E-state index contributed by atoms with van der Waals surface area (Å²) < 4.78 is 11.1. The van der Waals surface area contributed by atoms with E-state index in [4.69, 9.17) is 14.3 Å².